The largest absolute Gasteiger partial charge is 0.456 e. The van der Waals surface area contributed by atoms with E-state index in [0.29, 0.717) is 30.2 Å². The zero-order chi connectivity index (χ0) is 24.6. The molecule has 0 aromatic heterocycles. The highest BCUT2D eigenvalue weighted by Crippen LogP contribution is 2.57. The fourth-order valence-electron chi connectivity index (χ4n) is 5.23. The third-order valence-electron chi connectivity index (χ3n) is 6.91. The lowest BCUT2D eigenvalue weighted by Gasteiger charge is -2.38. The van der Waals surface area contributed by atoms with Crippen LogP contribution in [0.1, 0.15) is 40.9 Å². The van der Waals surface area contributed by atoms with Crippen molar-refractivity contribution in [2.75, 3.05) is 49.2 Å². The number of fused-ring (bicyclic) bond motifs is 6. The maximum Gasteiger partial charge on any atom is 0.340 e. The molecule has 0 radical (unpaired) electrons. The average molecular weight is 475 g/mol. The minimum atomic E-state index is -1.12. The van der Waals surface area contributed by atoms with Crippen LogP contribution in [0.5, 0.6) is 11.5 Å². The summed E-state index contributed by atoms with van der Waals surface area (Å²) in [6.07, 6.45) is 0. The van der Waals surface area contributed by atoms with Crippen LogP contribution < -0.4 is 14.5 Å². The topological polar surface area (TPSA) is 82.5 Å². The van der Waals surface area contributed by atoms with Crippen molar-refractivity contribution in [1.29, 1.82) is 0 Å². The standard InChI is InChI=1S/C28H30N2O5/c1-3-29(13-15-31)19-9-11-23-25(17-19)34-26-18-20(30(4-2)14-16-32)10-12-24(26)28(23)22-8-6-5-7-21(22)27(33)35-28/h5-12,17-18,31-32H,3-4,13-16H2,1-2H3. The number of rotatable bonds is 8. The molecule has 0 saturated heterocycles. The molecule has 35 heavy (non-hydrogen) atoms. The van der Waals surface area contributed by atoms with Gasteiger partial charge in [0.1, 0.15) is 11.5 Å². The van der Waals surface area contributed by atoms with Gasteiger partial charge in [0.05, 0.1) is 18.8 Å². The van der Waals surface area contributed by atoms with E-state index in [1.54, 1.807) is 6.07 Å². The molecule has 5 rings (SSSR count). The van der Waals surface area contributed by atoms with Crippen molar-refractivity contribution in [2.45, 2.75) is 19.4 Å². The van der Waals surface area contributed by atoms with Crippen LogP contribution in [0.15, 0.2) is 60.7 Å². The van der Waals surface area contributed by atoms with Crippen molar-refractivity contribution >= 4 is 17.3 Å². The molecule has 0 unspecified atom stereocenters. The van der Waals surface area contributed by atoms with E-state index in [1.807, 2.05) is 68.4 Å². The number of hydrogen-bond donors (Lipinski definition) is 2. The Kier molecular flexibility index (Phi) is 6.13. The molecule has 2 aliphatic heterocycles. The summed E-state index contributed by atoms with van der Waals surface area (Å²) in [4.78, 5) is 17.2. The van der Waals surface area contributed by atoms with E-state index in [4.69, 9.17) is 9.47 Å². The summed E-state index contributed by atoms with van der Waals surface area (Å²) >= 11 is 0. The molecule has 182 valence electrons. The Hall–Kier alpha value is -3.55. The smallest absolute Gasteiger partial charge is 0.340 e. The summed E-state index contributed by atoms with van der Waals surface area (Å²) < 4.78 is 12.7. The zero-order valence-corrected chi connectivity index (χ0v) is 20.0. The molecule has 0 atom stereocenters. The SMILES string of the molecule is CCN(CCO)c1ccc2c(c1)Oc1cc(N(CC)CCO)ccc1C21OC(=O)c2ccccc21. The Morgan fingerprint density at radius 1 is 0.771 bits per heavy atom. The molecule has 1 spiro atoms. The number of carbonyl (C=O) groups excluding carboxylic acids is 1. The van der Waals surface area contributed by atoms with Crippen molar-refractivity contribution in [3.05, 3.63) is 82.9 Å². The summed E-state index contributed by atoms with van der Waals surface area (Å²) in [7, 11) is 0. The van der Waals surface area contributed by atoms with Crippen LogP contribution in [0.3, 0.4) is 0 Å². The lowest BCUT2D eigenvalue weighted by Crippen LogP contribution is -2.34. The van der Waals surface area contributed by atoms with Crippen molar-refractivity contribution < 1.29 is 24.5 Å². The number of esters is 1. The molecule has 7 heteroatoms. The van der Waals surface area contributed by atoms with Crippen LogP contribution in [-0.4, -0.2) is 55.6 Å². The van der Waals surface area contributed by atoms with Crippen LogP contribution in [0.25, 0.3) is 0 Å². The molecule has 3 aromatic carbocycles. The predicted octanol–water partition coefficient (Wildman–Crippen LogP) is 3.89. The minimum absolute atomic E-state index is 0.0462. The number of carbonyl (C=O) groups is 1. The van der Waals surface area contributed by atoms with Gasteiger partial charge in [-0.15, -0.1) is 0 Å². The summed E-state index contributed by atoms with van der Waals surface area (Å²) in [6.45, 7) is 6.64. The maximum absolute atomic E-state index is 13.0. The number of aliphatic hydroxyl groups excluding tert-OH is 2. The lowest BCUT2D eigenvalue weighted by molar-refractivity contribution is 0.0224. The van der Waals surface area contributed by atoms with Gasteiger partial charge < -0.3 is 29.5 Å². The molecule has 2 heterocycles. The molecular weight excluding hydrogens is 444 g/mol. The summed E-state index contributed by atoms with van der Waals surface area (Å²) in [6, 6.07) is 19.3. The monoisotopic (exact) mass is 474 g/mol. The van der Waals surface area contributed by atoms with Crippen LogP contribution in [-0.2, 0) is 10.3 Å². The van der Waals surface area contributed by atoms with E-state index in [2.05, 4.69) is 9.80 Å². The van der Waals surface area contributed by atoms with Crippen LogP contribution >= 0.6 is 0 Å². The lowest BCUT2D eigenvalue weighted by atomic mass is 9.77. The van der Waals surface area contributed by atoms with Crippen molar-refractivity contribution in [3.63, 3.8) is 0 Å². The van der Waals surface area contributed by atoms with Crippen LogP contribution in [0, 0.1) is 0 Å². The minimum Gasteiger partial charge on any atom is -0.456 e. The van der Waals surface area contributed by atoms with E-state index in [1.165, 1.54) is 0 Å². The molecule has 2 N–H and O–H groups in total. The van der Waals surface area contributed by atoms with Gasteiger partial charge in [0.25, 0.3) is 0 Å². The van der Waals surface area contributed by atoms with Gasteiger partial charge in [-0.1, -0.05) is 18.2 Å². The second-order valence-corrected chi connectivity index (χ2v) is 8.69. The van der Waals surface area contributed by atoms with E-state index in [9.17, 15) is 15.0 Å². The zero-order valence-electron chi connectivity index (χ0n) is 20.0. The average Bonchev–Trinajstić information content (AvgIpc) is 3.18. The Morgan fingerprint density at radius 2 is 1.31 bits per heavy atom. The second kappa shape index (κ2) is 9.24. The van der Waals surface area contributed by atoms with Crippen LogP contribution in [0.4, 0.5) is 11.4 Å². The van der Waals surface area contributed by atoms with E-state index in [-0.39, 0.29) is 19.2 Å². The third-order valence-corrected chi connectivity index (χ3v) is 6.91. The molecular formula is C28H30N2O5. The van der Waals surface area contributed by atoms with Gasteiger partial charge in [-0.3, -0.25) is 0 Å². The second-order valence-electron chi connectivity index (χ2n) is 8.69. The van der Waals surface area contributed by atoms with Crippen molar-refractivity contribution in [3.8, 4) is 11.5 Å². The Balaban J connectivity index is 1.72. The van der Waals surface area contributed by atoms with Crippen LogP contribution in [0.2, 0.25) is 0 Å². The van der Waals surface area contributed by atoms with E-state index in [0.717, 1.165) is 41.2 Å². The quantitative estimate of drug-likeness (QED) is 0.479. The number of likely N-dealkylation sites (N-methyl/N-ethyl adjacent to an activating group) is 2. The highest BCUT2D eigenvalue weighted by molar-refractivity contribution is 5.97. The number of nitrogens with zero attached hydrogens (tertiary/aromatic N) is 2. The molecule has 2 aliphatic rings. The summed E-state index contributed by atoms with van der Waals surface area (Å²) in [5, 5.41) is 19.0. The predicted molar refractivity (Wildman–Crippen MR) is 135 cm³/mol. The molecule has 0 saturated carbocycles. The fourth-order valence-corrected chi connectivity index (χ4v) is 5.23. The van der Waals surface area contributed by atoms with Gasteiger partial charge in [0, 0.05) is 66.4 Å². The summed E-state index contributed by atoms with van der Waals surface area (Å²) in [5.74, 6) is 0.856. The molecule has 0 aliphatic carbocycles. The number of aliphatic hydroxyl groups is 2. The van der Waals surface area contributed by atoms with Gasteiger partial charge in [-0.25, -0.2) is 4.79 Å². The van der Waals surface area contributed by atoms with Crippen molar-refractivity contribution in [1.82, 2.24) is 0 Å². The first-order chi connectivity index (χ1) is 17.1. The number of ether oxygens (including phenoxy) is 2. The number of hydrogen-bond acceptors (Lipinski definition) is 7. The molecule has 3 aromatic rings. The molecule has 0 bridgehead atoms. The first-order valence-corrected chi connectivity index (χ1v) is 12.1. The van der Waals surface area contributed by atoms with Gasteiger partial charge >= 0.3 is 5.97 Å². The Labute approximate surface area is 205 Å². The van der Waals surface area contributed by atoms with Gasteiger partial charge in [0.15, 0.2) is 5.60 Å². The van der Waals surface area contributed by atoms with Gasteiger partial charge in [-0.05, 0) is 44.2 Å². The highest BCUT2D eigenvalue weighted by Gasteiger charge is 2.53. The van der Waals surface area contributed by atoms with Gasteiger partial charge in [-0.2, -0.15) is 0 Å². The van der Waals surface area contributed by atoms with Gasteiger partial charge in [0.2, 0.25) is 0 Å². The fraction of sp³-hybridized carbons (Fsp3) is 0.321. The third kappa shape index (κ3) is 3.63. The number of anilines is 2. The normalized spacial score (nSPS) is 14.6. The Bertz CT molecular complexity index is 1190. The Morgan fingerprint density at radius 3 is 1.83 bits per heavy atom. The molecule has 7 nitrogen and oxygen atoms in total. The highest BCUT2D eigenvalue weighted by atomic mass is 16.6. The van der Waals surface area contributed by atoms with Crippen molar-refractivity contribution in [2.24, 2.45) is 0 Å². The van der Waals surface area contributed by atoms with E-state index < -0.39 is 5.60 Å². The first-order valence-electron chi connectivity index (χ1n) is 12.1. The number of benzene rings is 3. The van der Waals surface area contributed by atoms with E-state index >= 15 is 0 Å². The first kappa shape index (κ1) is 23.2. The summed E-state index contributed by atoms with van der Waals surface area (Å²) in [5.41, 5.74) is 3.60. The molecule has 0 fully saturated rings. The maximum atomic E-state index is 13.0. The molecule has 0 amide bonds.